The number of hydrogen-bond acceptors (Lipinski definition) is 3. The predicted molar refractivity (Wildman–Crippen MR) is 77.1 cm³/mol. The zero-order valence-electron chi connectivity index (χ0n) is 11.8. The smallest absolute Gasteiger partial charge is 0.134 e. The van der Waals surface area contributed by atoms with Crippen molar-refractivity contribution in [2.45, 2.75) is 13.5 Å². The molecule has 0 spiro atoms. The molecule has 0 fully saturated rings. The van der Waals surface area contributed by atoms with Gasteiger partial charge in [-0.05, 0) is 37.7 Å². The average molecular weight is 259 g/mol. The first-order chi connectivity index (χ1) is 9.19. The number of ether oxygens (including phenoxy) is 1. The third-order valence-corrected chi connectivity index (χ3v) is 3.08. The van der Waals surface area contributed by atoms with E-state index in [4.69, 9.17) is 9.15 Å². The highest BCUT2D eigenvalue weighted by molar-refractivity contribution is 5.58. The summed E-state index contributed by atoms with van der Waals surface area (Å²) in [5, 5.41) is 0. The molecule has 1 heterocycles. The van der Waals surface area contributed by atoms with Gasteiger partial charge in [0.2, 0.25) is 0 Å². The normalized spacial score (nSPS) is 11.2. The summed E-state index contributed by atoms with van der Waals surface area (Å²) in [6, 6.07) is 12.5. The van der Waals surface area contributed by atoms with E-state index in [1.165, 1.54) is 5.56 Å². The number of aryl methyl sites for hydroxylation is 1. The van der Waals surface area contributed by atoms with Crippen LogP contribution in [0.3, 0.4) is 0 Å². The summed E-state index contributed by atoms with van der Waals surface area (Å²) < 4.78 is 10.8. The predicted octanol–water partition coefficient (Wildman–Crippen LogP) is 3.33. The SMILES string of the molecule is COCCN(C)Cc1cccc(-c2ccc(C)o2)c1. The van der Waals surface area contributed by atoms with Gasteiger partial charge in [0.05, 0.1) is 6.61 Å². The molecule has 19 heavy (non-hydrogen) atoms. The fraction of sp³-hybridized carbons (Fsp3) is 0.375. The quantitative estimate of drug-likeness (QED) is 0.795. The summed E-state index contributed by atoms with van der Waals surface area (Å²) in [7, 11) is 3.83. The Bertz CT molecular complexity index is 519. The molecule has 3 heteroatoms. The Morgan fingerprint density at radius 1 is 1.21 bits per heavy atom. The Kier molecular flexibility index (Phi) is 4.77. The van der Waals surface area contributed by atoms with E-state index in [0.29, 0.717) is 0 Å². The van der Waals surface area contributed by atoms with E-state index in [0.717, 1.165) is 36.8 Å². The van der Waals surface area contributed by atoms with Crippen LogP contribution < -0.4 is 0 Å². The minimum atomic E-state index is 0.758. The van der Waals surface area contributed by atoms with Crippen LogP contribution in [0.15, 0.2) is 40.8 Å². The van der Waals surface area contributed by atoms with E-state index in [2.05, 4.69) is 36.2 Å². The lowest BCUT2D eigenvalue weighted by atomic mass is 10.1. The van der Waals surface area contributed by atoms with E-state index < -0.39 is 0 Å². The van der Waals surface area contributed by atoms with Crippen molar-refractivity contribution in [1.82, 2.24) is 4.90 Å². The zero-order valence-corrected chi connectivity index (χ0v) is 11.8. The molecule has 3 nitrogen and oxygen atoms in total. The van der Waals surface area contributed by atoms with Gasteiger partial charge < -0.3 is 9.15 Å². The molecule has 0 unspecified atom stereocenters. The molecule has 1 aromatic heterocycles. The Hall–Kier alpha value is -1.58. The van der Waals surface area contributed by atoms with Gasteiger partial charge in [-0.2, -0.15) is 0 Å². The molecular weight excluding hydrogens is 238 g/mol. The lowest BCUT2D eigenvalue weighted by Gasteiger charge is -2.16. The van der Waals surface area contributed by atoms with E-state index in [1.807, 2.05) is 19.1 Å². The fourth-order valence-electron chi connectivity index (χ4n) is 2.05. The van der Waals surface area contributed by atoms with Crippen molar-refractivity contribution in [3.63, 3.8) is 0 Å². The van der Waals surface area contributed by atoms with Gasteiger partial charge in [0.25, 0.3) is 0 Å². The first-order valence-electron chi connectivity index (χ1n) is 6.52. The Morgan fingerprint density at radius 2 is 2.05 bits per heavy atom. The molecule has 0 N–H and O–H groups in total. The molecule has 0 amide bonds. The second-order valence-electron chi connectivity index (χ2n) is 4.84. The molecule has 0 aliphatic carbocycles. The van der Waals surface area contributed by atoms with Crippen molar-refractivity contribution in [3.8, 4) is 11.3 Å². The first-order valence-corrected chi connectivity index (χ1v) is 6.52. The van der Waals surface area contributed by atoms with Crippen LogP contribution in [-0.2, 0) is 11.3 Å². The van der Waals surface area contributed by atoms with Crippen molar-refractivity contribution < 1.29 is 9.15 Å². The van der Waals surface area contributed by atoms with Crippen LogP contribution >= 0.6 is 0 Å². The van der Waals surface area contributed by atoms with Crippen LogP contribution in [0.2, 0.25) is 0 Å². The van der Waals surface area contributed by atoms with Gasteiger partial charge >= 0.3 is 0 Å². The number of nitrogens with zero attached hydrogens (tertiary/aromatic N) is 1. The summed E-state index contributed by atoms with van der Waals surface area (Å²) in [4.78, 5) is 2.25. The van der Waals surface area contributed by atoms with E-state index in [-0.39, 0.29) is 0 Å². The van der Waals surface area contributed by atoms with Crippen LogP contribution in [0, 0.1) is 6.92 Å². The number of hydrogen-bond donors (Lipinski definition) is 0. The number of methoxy groups -OCH3 is 1. The maximum absolute atomic E-state index is 5.66. The third-order valence-electron chi connectivity index (χ3n) is 3.08. The molecule has 102 valence electrons. The Labute approximate surface area is 114 Å². The lowest BCUT2D eigenvalue weighted by molar-refractivity contribution is 0.158. The van der Waals surface area contributed by atoms with Gasteiger partial charge in [-0.25, -0.2) is 0 Å². The molecule has 0 saturated heterocycles. The van der Waals surface area contributed by atoms with E-state index in [9.17, 15) is 0 Å². The topological polar surface area (TPSA) is 25.6 Å². The van der Waals surface area contributed by atoms with Gasteiger partial charge in [0, 0.05) is 25.8 Å². The molecule has 2 aromatic rings. The van der Waals surface area contributed by atoms with Crippen LogP contribution in [0.5, 0.6) is 0 Å². The van der Waals surface area contributed by atoms with Crippen LogP contribution in [0.25, 0.3) is 11.3 Å². The number of benzene rings is 1. The number of rotatable bonds is 6. The van der Waals surface area contributed by atoms with Crippen LogP contribution in [0.1, 0.15) is 11.3 Å². The van der Waals surface area contributed by atoms with E-state index in [1.54, 1.807) is 7.11 Å². The molecule has 0 aliphatic heterocycles. The monoisotopic (exact) mass is 259 g/mol. The van der Waals surface area contributed by atoms with Gasteiger partial charge in [0.15, 0.2) is 0 Å². The average Bonchev–Trinajstić information content (AvgIpc) is 2.83. The number of furan rings is 1. The van der Waals surface area contributed by atoms with E-state index >= 15 is 0 Å². The molecule has 0 bridgehead atoms. The molecule has 0 radical (unpaired) electrons. The van der Waals surface area contributed by atoms with Crippen molar-refractivity contribution in [2.24, 2.45) is 0 Å². The second kappa shape index (κ2) is 6.55. The van der Waals surface area contributed by atoms with Gasteiger partial charge in [0.1, 0.15) is 11.5 Å². The van der Waals surface area contributed by atoms with Gasteiger partial charge in [-0.1, -0.05) is 18.2 Å². The van der Waals surface area contributed by atoms with Crippen molar-refractivity contribution in [1.29, 1.82) is 0 Å². The molecule has 0 aliphatic rings. The molecule has 0 saturated carbocycles. The standard InChI is InChI=1S/C16H21NO2/c1-13-7-8-16(19-13)15-6-4-5-14(11-15)12-17(2)9-10-18-3/h4-8,11H,9-10,12H2,1-3H3. The number of likely N-dealkylation sites (N-methyl/N-ethyl adjacent to an activating group) is 1. The Morgan fingerprint density at radius 3 is 2.74 bits per heavy atom. The van der Waals surface area contributed by atoms with Crippen LogP contribution in [0.4, 0.5) is 0 Å². The first kappa shape index (κ1) is 13.8. The summed E-state index contributed by atoms with van der Waals surface area (Å²) in [5.41, 5.74) is 2.41. The third kappa shape index (κ3) is 3.94. The molecular formula is C16H21NO2. The second-order valence-corrected chi connectivity index (χ2v) is 4.84. The van der Waals surface area contributed by atoms with Crippen LogP contribution in [-0.4, -0.2) is 32.2 Å². The summed E-state index contributed by atoms with van der Waals surface area (Å²) in [5.74, 6) is 1.87. The Balaban J connectivity index is 2.07. The summed E-state index contributed by atoms with van der Waals surface area (Å²) in [6.45, 7) is 4.57. The molecule has 1 aromatic carbocycles. The summed E-state index contributed by atoms with van der Waals surface area (Å²) in [6.07, 6.45) is 0. The van der Waals surface area contributed by atoms with Crippen molar-refractivity contribution in [3.05, 3.63) is 47.7 Å². The lowest BCUT2D eigenvalue weighted by Crippen LogP contribution is -2.22. The summed E-state index contributed by atoms with van der Waals surface area (Å²) >= 11 is 0. The fourth-order valence-corrected chi connectivity index (χ4v) is 2.05. The van der Waals surface area contributed by atoms with Gasteiger partial charge in [-0.3, -0.25) is 4.90 Å². The highest BCUT2D eigenvalue weighted by Gasteiger charge is 2.05. The van der Waals surface area contributed by atoms with Crippen molar-refractivity contribution >= 4 is 0 Å². The zero-order chi connectivity index (χ0) is 13.7. The highest BCUT2D eigenvalue weighted by Crippen LogP contribution is 2.23. The highest BCUT2D eigenvalue weighted by atomic mass is 16.5. The molecule has 2 rings (SSSR count). The van der Waals surface area contributed by atoms with Crippen molar-refractivity contribution in [2.75, 3.05) is 27.3 Å². The minimum Gasteiger partial charge on any atom is -0.461 e. The maximum atomic E-state index is 5.66. The minimum absolute atomic E-state index is 0.758. The largest absolute Gasteiger partial charge is 0.461 e. The molecule has 0 atom stereocenters. The van der Waals surface area contributed by atoms with Gasteiger partial charge in [-0.15, -0.1) is 0 Å². The maximum Gasteiger partial charge on any atom is 0.134 e.